The highest BCUT2D eigenvalue weighted by Gasteiger charge is 2.37. The summed E-state index contributed by atoms with van der Waals surface area (Å²) in [6.45, 7) is 1.26. The van der Waals surface area contributed by atoms with Gasteiger partial charge in [0.05, 0.1) is 23.0 Å². The van der Waals surface area contributed by atoms with Gasteiger partial charge in [-0.2, -0.15) is 4.31 Å². The molecule has 0 spiro atoms. The zero-order valence-electron chi connectivity index (χ0n) is 15.7. The maximum Gasteiger partial charge on any atom is 0.312 e. The van der Waals surface area contributed by atoms with Gasteiger partial charge >= 0.3 is 5.69 Å². The van der Waals surface area contributed by atoms with Gasteiger partial charge in [0.15, 0.2) is 17.2 Å². The summed E-state index contributed by atoms with van der Waals surface area (Å²) in [5, 5.41) is 11.3. The fraction of sp³-hybridized carbons (Fsp3) is 0.368. The van der Waals surface area contributed by atoms with Crippen molar-refractivity contribution < 1.29 is 27.6 Å². The standard InChI is InChI=1S/C19H20N2O7S/c1-26-17-7-5-14(12-16(17)21(22)23)29(24,25)20-8-2-3-15(20)13-4-6-18-19(11-13)28-10-9-27-18/h4-7,11-12,15H,2-3,8-10H2,1H3. The molecule has 0 amide bonds. The molecular formula is C19H20N2O7S. The van der Waals surface area contributed by atoms with Crippen molar-refractivity contribution in [1.82, 2.24) is 4.31 Å². The number of nitro groups is 1. The molecule has 1 saturated heterocycles. The van der Waals surface area contributed by atoms with E-state index in [4.69, 9.17) is 14.2 Å². The van der Waals surface area contributed by atoms with Crippen molar-refractivity contribution in [2.24, 2.45) is 0 Å². The van der Waals surface area contributed by atoms with E-state index < -0.39 is 14.9 Å². The van der Waals surface area contributed by atoms with E-state index in [0.29, 0.717) is 44.1 Å². The summed E-state index contributed by atoms with van der Waals surface area (Å²) in [4.78, 5) is 10.5. The third-order valence-electron chi connectivity index (χ3n) is 5.11. The van der Waals surface area contributed by atoms with Gasteiger partial charge in [0.25, 0.3) is 0 Å². The van der Waals surface area contributed by atoms with Crippen molar-refractivity contribution in [3.8, 4) is 17.2 Å². The van der Waals surface area contributed by atoms with Crippen LogP contribution in [0.4, 0.5) is 5.69 Å². The Morgan fingerprint density at radius 2 is 1.90 bits per heavy atom. The highest BCUT2D eigenvalue weighted by Crippen LogP contribution is 2.41. The molecule has 2 aliphatic heterocycles. The van der Waals surface area contributed by atoms with Crippen LogP contribution in [0.3, 0.4) is 0 Å². The quantitative estimate of drug-likeness (QED) is 0.540. The Kier molecular flexibility index (Phi) is 5.05. The molecule has 2 heterocycles. The molecule has 0 radical (unpaired) electrons. The molecule has 10 heteroatoms. The number of sulfonamides is 1. The highest BCUT2D eigenvalue weighted by atomic mass is 32.2. The summed E-state index contributed by atoms with van der Waals surface area (Å²) in [7, 11) is -2.64. The van der Waals surface area contributed by atoms with Crippen LogP contribution < -0.4 is 14.2 Å². The molecule has 2 aromatic carbocycles. The minimum atomic E-state index is -3.94. The molecule has 0 aliphatic carbocycles. The minimum Gasteiger partial charge on any atom is -0.490 e. The third kappa shape index (κ3) is 3.49. The van der Waals surface area contributed by atoms with E-state index in [9.17, 15) is 18.5 Å². The van der Waals surface area contributed by atoms with Crippen LogP contribution in [-0.2, 0) is 10.0 Å². The van der Waals surface area contributed by atoms with Gasteiger partial charge < -0.3 is 14.2 Å². The third-order valence-corrected chi connectivity index (χ3v) is 7.01. The number of methoxy groups -OCH3 is 1. The lowest BCUT2D eigenvalue weighted by molar-refractivity contribution is -0.386. The van der Waals surface area contributed by atoms with Gasteiger partial charge in [-0.25, -0.2) is 8.42 Å². The van der Waals surface area contributed by atoms with Crippen LogP contribution in [0.5, 0.6) is 17.2 Å². The van der Waals surface area contributed by atoms with Gasteiger partial charge in [-0.3, -0.25) is 10.1 Å². The first-order valence-corrected chi connectivity index (χ1v) is 10.6. The largest absolute Gasteiger partial charge is 0.490 e. The minimum absolute atomic E-state index is 0.0127. The lowest BCUT2D eigenvalue weighted by Gasteiger charge is -2.26. The van der Waals surface area contributed by atoms with Gasteiger partial charge in [-0.15, -0.1) is 0 Å². The Hall–Kier alpha value is -2.85. The van der Waals surface area contributed by atoms with E-state index in [1.54, 1.807) is 6.07 Å². The van der Waals surface area contributed by atoms with Crippen molar-refractivity contribution in [1.29, 1.82) is 0 Å². The molecule has 1 unspecified atom stereocenters. The zero-order valence-corrected chi connectivity index (χ0v) is 16.6. The fourth-order valence-electron chi connectivity index (χ4n) is 3.74. The van der Waals surface area contributed by atoms with Crippen LogP contribution in [0.1, 0.15) is 24.4 Å². The molecule has 0 N–H and O–H groups in total. The van der Waals surface area contributed by atoms with Crippen molar-refractivity contribution in [2.75, 3.05) is 26.9 Å². The van der Waals surface area contributed by atoms with Crippen molar-refractivity contribution >= 4 is 15.7 Å². The van der Waals surface area contributed by atoms with E-state index in [0.717, 1.165) is 11.6 Å². The molecule has 1 atom stereocenters. The Bertz CT molecular complexity index is 1050. The molecule has 154 valence electrons. The van der Waals surface area contributed by atoms with Gasteiger partial charge in [-0.1, -0.05) is 6.07 Å². The molecule has 0 bridgehead atoms. The van der Waals surface area contributed by atoms with E-state index in [2.05, 4.69) is 0 Å². The predicted molar refractivity (Wildman–Crippen MR) is 103 cm³/mol. The number of nitro benzene ring substituents is 1. The van der Waals surface area contributed by atoms with Crippen molar-refractivity contribution in [3.63, 3.8) is 0 Å². The number of nitrogens with zero attached hydrogens (tertiary/aromatic N) is 2. The average molecular weight is 420 g/mol. The molecule has 0 aromatic heterocycles. The number of hydrogen-bond donors (Lipinski definition) is 0. The molecular weight excluding hydrogens is 400 g/mol. The van der Waals surface area contributed by atoms with Crippen molar-refractivity contribution in [2.45, 2.75) is 23.8 Å². The summed E-state index contributed by atoms with van der Waals surface area (Å²) in [6.07, 6.45) is 1.34. The maximum absolute atomic E-state index is 13.3. The number of benzene rings is 2. The van der Waals surface area contributed by atoms with Crippen LogP contribution >= 0.6 is 0 Å². The van der Waals surface area contributed by atoms with E-state index in [1.807, 2.05) is 12.1 Å². The number of rotatable bonds is 5. The molecule has 29 heavy (non-hydrogen) atoms. The van der Waals surface area contributed by atoms with Crippen LogP contribution in [0.15, 0.2) is 41.3 Å². The summed E-state index contributed by atoms with van der Waals surface area (Å²) < 4.78 is 44.1. The molecule has 0 saturated carbocycles. The molecule has 9 nitrogen and oxygen atoms in total. The summed E-state index contributed by atoms with van der Waals surface area (Å²) in [5.74, 6) is 1.25. The monoisotopic (exact) mass is 420 g/mol. The highest BCUT2D eigenvalue weighted by molar-refractivity contribution is 7.89. The molecule has 2 aromatic rings. The SMILES string of the molecule is COc1ccc(S(=O)(=O)N2CCCC2c2ccc3c(c2)OCCO3)cc1[N+](=O)[O-]. The Morgan fingerprint density at radius 3 is 2.62 bits per heavy atom. The Balaban J connectivity index is 1.69. The second-order valence-electron chi connectivity index (χ2n) is 6.77. The second-order valence-corrected chi connectivity index (χ2v) is 8.66. The Labute approximate surface area is 168 Å². The fourth-order valence-corrected chi connectivity index (χ4v) is 5.44. The second kappa shape index (κ2) is 7.53. The van der Waals surface area contributed by atoms with Crippen LogP contribution in [0.2, 0.25) is 0 Å². The van der Waals surface area contributed by atoms with Crippen LogP contribution in [0.25, 0.3) is 0 Å². The van der Waals surface area contributed by atoms with E-state index in [-0.39, 0.29) is 22.4 Å². The number of fused-ring (bicyclic) bond motifs is 1. The van der Waals surface area contributed by atoms with Crippen molar-refractivity contribution in [3.05, 3.63) is 52.1 Å². The molecule has 2 aliphatic rings. The predicted octanol–water partition coefficient (Wildman–Crippen LogP) is 2.90. The zero-order chi connectivity index (χ0) is 20.6. The van der Waals surface area contributed by atoms with Gasteiger partial charge in [-0.05, 0) is 42.7 Å². The smallest absolute Gasteiger partial charge is 0.312 e. The summed E-state index contributed by atoms with van der Waals surface area (Å²) in [5.41, 5.74) is 0.419. The summed E-state index contributed by atoms with van der Waals surface area (Å²) in [6, 6.07) is 8.74. The molecule has 4 rings (SSSR count). The Morgan fingerprint density at radius 1 is 1.14 bits per heavy atom. The van der Waals surface area contributed by atoms with Gasteiger partial charge in [0.1, 0.15) is 13.2 Å². The average Bonchev–Trinajstić information content (AvgIpc) is 3.23. The lowest BCUT2D eigenvalue weighted by Crippen LogP contribution is -2.30. The first kappa shape index (κ1) is 19.5. The van der Waals surface area contributed by atoms with Gasteiger partial charge in [0, 0.05) is 12.6 Å². The molecule has 1 fully saturated rings. The van der Waals surface area contributed by atoms with Crippen LogP contribution in [-0.4, -0.2) is 44.5 Å². The number of ether oxygens (including phenoxy) is 3. The summed E-state index contributed by atoms with van der Waals surface area (Å²) >= 11 is 0. The topological polar surface area (TPSA) is 108 Å². The first-order chi connectivity index (χ1) is 13.9. The van der Waals surface area contributed by atoms with Crippen LogP contribution in [0, 0.1) is 10.1 Å². The number of hydrogen-bond acceptors (Lipinski definition) is 7. The first-order valence-electron chi connectivity index (χ1n) is 9.15. The van der Waals surface area contributed by atoms with E-state index >= 15 is 0 Å². The lowest BCUT2D eigenvalue weighted by atomic mass is 10.0. The normalized spacial score (nSPS) is 19.1. The van der Waals surface area contributed by atoms with Gasteiger partial charge in [0.2, 0.25) is 10.0 Å². The maximum atomic E-state index is 13.3. The van der Waals surface area contributed by atoms with E-state index in [1.165, 1.54) is 23.5 Å².